The predicted octanol–water partition coefficient (Wildman–Crippen LogP) is 4.31. The fourth-order valence-corrected chi connectivity index (χ4v) is 4.12. The fourth-order valence-electron chi connectivity index (χ4n) is 4.12. The lowest BCUT2D eigenvalue weighted by molar-refractivity contribution is -0.145. The number of rotatable bonds is 3. The number of ether oxygens (including phenoxy) is 1. The average molecular weight is 364 g/mol. The number of nitrogens with zero attached hydrogens (tertiary/aromatic N) is 2. The molecule has 1 atom stereocenters. The predicted molar refractivity (Wildman–Crippen MR) is 103 cm³/mol. The smallest absolute Gasteiger partial charge is 0.320 e. The fraction of sp³-hybridized carbons (Fsp3) is 0.273. The van der Waals surface area contributed by atoms with Crippen LogP contribution in [0.2, 0.25) is 0 Å². The van der Waals surface area contributed by atoms with Gasteiger partial charge in [-0.3, -0.25) is 9.48 Å². The van der Waals surface area contributed by atoms with E-state index >= 15 is 0 Å². The molecule has 0 N–H and O–H groups in total. The highest BCUT2D eigenvalue weighted by Gasteiger charge is 2.44. The third kappa shape index (κ3) is 2.65. The minimum absolute atomic E-state index is 0.311. The van der Waals surface area contributed by atoms with Gasteiger partial charge in [0.1, 0.15) is 11.2 Å². The maximum Gasteiger partial charge on any atom is 0.320 e. The number of carbonyl (C=O) groups excluding carboxylic acids is 1. The Morgan fingerprint density at radius 1 is 1.30 bits per heavy atom. The molecule has 27 heavy (non-hydrogen) atoms. The lowest BCUT2D eigenvalue weighted by Crippen LogP contribution is -2.34. The molecule has 0 saturated carbocycles. The molecule has 4 nitrogen and oxygen atoms in total. The van der Waals surface area contributed by atoms with E-state index in [1.54, 1.807) is 13.0 Å². The Balaban J connectivity index is 1.85. The minimum Gasteiger partial charge on any atom is -0.468 e. The van der Waals surface area contributed by atoms with E-state index in [0.717, 1.165) is 28.5 Å². The number of hydrogen-bond acceptors (Lipinski definition) is 3. The summed E-state index contributed by atoms with van der Waals surface area (Å²) in [7, 11) is 3.29. The first kappa shape index (κ1) is 17.5. The van der Waals surface area contributed by atoms with Crippen molar-refractivity contribution in [1.82, 2.24) is 9.78 Å². The molecule has 0 saturated heterocycles. The summed E-state index contributed by atoms with van der Waals surface area (Å²) in [6.07, 6.45) is 5.07. The van der Waals surface area contributed by atoms with Crippen LogP contribution in [-0.4, -0.2) is 22.9 Å². The van der Waals surface area contributed by atoms with E-state index in [-0.39, 0.29) is 11.8 Å². The van der Waals surface area contributed by atoms with Crippen LogP contribution in [0.15, 0.2) is 48.7 Å². The molecule has 2 aromatic carbocycles. The van der Waals surface area contributed by atoms with Crippen LogP contribution in [-0.2, 0) is 22.0 Å². The Morgan fingerprint density at radius 2 is 2.11 bits per heavy atom. The third-order valence-electron chi connectivity index (χ3n) is 5.62. The molecule has 0 radical (unpaired) electrons. The second-order valence-corrected chi connectivity index (χ2v) is 7.09. The van der Waals surface area contributed by atoms with Gasteiger partial charge in [-0.15, -0.1) is 0 Å². The second kappa shape index (κ2) is 6.34. The Labute approximate surface area is 157 Å². The monoisotopic (exact) mass is 364 g/mol. The van der Waals surface area contributed by atoms with Gasteiger partial charge in [0, 0.05) is 12.4 Å². The van der Waals surface area contributed by atoms with Crippen LogP contribution >= 0.6 is 0 Å². The second-order valence-electron chi connectivity index (χ2n) is 7.09. The largest absolute Gasteiger partial charge is 0.468 e. The number of fused-ring (bicyclic) bond motifs is 1. The van der Waals surface area contributed by atoms with Gasteiger partial charge in [0.05, 0.1) is 18.8 Å². The number of carbonyl (C=O) groups is 1. The zero-order chi connectivity index (χ0) is 19.2. The highest BCUT2D eigenvalue weighted by atomic mass is 19.1. The van der Waals surface area contributed by atoms with Gasteiger partial charge in [-0.05, 0) is 60.2 Å². The molecule has 0 aliphatic heterocycles. The SMILES string of the molecule is COC(=O)[C@]1(c2cccc(F)c2C)C=C(c2ccc3c(cnn3C)c2)CC1. The molecule has 5 heteroatoms. The van der Waals surface area contributed by atoms with Gasteiger partial charge >= 0.3 is 5.97 Å². The number of methoxy groups -OCH3 is 1. The normalized spacial score (nSPS) is 19.3. The van der Waals surface area contributed by atoms with Crippen LogP contribution in [0.1, 0.15) is 29.5 Å². The first-order valence-electron chi connectivity index (χ1n) is 8.94. The molecule has 1 aromatic heterocycles. The molecule has 1 aliphatic rings. The third-order valence-corrected chi connectivity index (χ3v) is 5.62. The summed E-state index contributed by atoms with van der Waals surface area (Å²) in [5.41, 5.74) is 3.37. The average Bonchev–Trinajstić information content (AvgIpc) is 3.28. The summed E-state index contributed by atoms with van der Waals surface area (Å²) < 4.78 is 21.1. The molecule has 0 bridgehead atoms. The molecule has 0 amide bonds. The van der Waals surface area contributed by atoms with E-state index in [1.165, 1.54) is 13.2 Å². The molecule has 1 aliphatic carbocycles. The van der Waals surface area contributed by atoms with Gasteiger partial charge in [-0.1, -0.05) is 24.3 Å². The van der Waals surface area contributed by atoms with Gasteiger partial charge < -0.3 is 4.74 Å². The van der Waals surface area contributed by atoms with Gasteiger partial charge in [0.25, 0.3) is 0 Å². The number of esters is 1. The Bertz CT molecular complexity index is 1080. The first-order valence-corrected chi connectivity index (χ1v) is 8.94. The van der Waals surface area contributed by atoms with Crippen molar-refractivity contribution in [1.29, 1.82) is 0 Å². The van der Waals surface area contributed by atoms with E-state index < -0.39 is 5.41 Å². The molecule has 3 aromatic rings. The van der Waals surface area contributed by atoms with Gasteiger partial charge in [0.15, 0.2) is 0 Å². The number of allylic oxidation sites excluding steroid dienone is 1. The van der Waals surface area contributed by atoms with E-state index in [0.29, 0.717) is 17.5 Å². The molecule has 0 unspecified atom stereocenters. The molecule has 0 spiro atoms. The maximum absolute atomic E-state index is 14.2. The van der Waals surface area contributed by atoms with Crippen molar-refractivity contribution in [3.05, 3.63) is 71.2 Å². The van der Waals surface area contributed by atoms with Crippen LogP contribution in [0, 0.1) is 12.7 Å². The summed E-state index contributed by atoms with van der Waals surface area (Å²) in [5, 5.41) is 5.33. The van der Waals surface area contributed by atoms with Crippen LogP contribution in [0.3, 0.4) is 0 Å². The van der Waals surface area contributed by atoms with E-state index in [4.69, 9.17) is 4.74 Å². The van der Waals surface area contributed by atoms with Gasteiger partial charge in [-0.25, -0.2) is 4.39 Å². The number of aryl methyl sites for hydroxylation is 1. The van der Waals surface area contributed by atoms with Crippen LogP contribution in [0.25, 0.3) is 16.5 Å². The summed E-state index contributed by atoms with van der Waals surface area (Å²) >= 11 is 0. The topological polar surface area (TPSA) is 44.1 Å². The standard InChI is InChI=1S/C22H21FN2O2/c1-14-18(5-4-6-19(14)23)22(21(26)27-3)10-9-16(12-22)15-7-8-20-17(11-15)13-24-25(20)2/h4-8,11-13H,9-10H2,1-3H3/t22-/m0/s1. The van der Waals surface area contributed by atoms with E-state index in [2.05, 4.69) is 11.2 Å². The number of benzene rings is 2. The molecule has 0 fully saturated rings. The zero-order valence-corrected chi connectivity index (χ0v) is 15.6. The number of aromatic nitrogens is 2. The number of hydrogen-bond donors (Lipinski definition) is 0. The van der Waals surface area contributed by atoms with Gasteiger partial charge in [0.2, 0.25) is 0 Å². The van der Waals surface area contributed by atoms with Crippen molar-refractivity contribution in [2.45, 2.75) is 25.2 Å². The highest BCUT2D eigenvalue weighted by Crippen LogP contribution is 2.45. The molecule has 4 rings (SSSR count). The number of halogens is 1. The van der Waals surface area contributed by atoms with Crippen molar-refractivity contribution in [3.8, 4) is 0 Å². The lowest BCUT2D eigenvalue weighted by atomic mass is 9.77. The lowest BCUT2D eigenvalue weighted by Gasteiger charge is -2.26. The molecular weight excluding hydrogens is 343 g/mol. The summed E-state index contributed by atoms with van der Waals surface area (Å²) in [6.45, 7) is 1.71. The van der Waals surface area contributed by atoms with Crippen molar-refractivity contribution < 1.29 is 13.9 Å². The summed E-state index contributed by atoms with van der Waals surface area (Å²) in [6, 6.07) is 11.0. The van der Waals surface area contributed by atoms with Crippen molar-refractivity contribution in [3.63, 3.8) is 0 Å². The molecular formula is C22H21FN2O2. The van der Waals surface area contributed by atoms with Crippen molar-refractivity contribution in [2.24, 2.45) is 7.05 Å². The van der Waals surface area contributed by atoms with Crippen LogP contribution < -0.4 is 0 Å². The molecule has 138 valence electrons. The van der Waals surface area contributed by atoms with Crippen LogP contribution in [0.5, 0.6) is 0 Å². The van der Waals surface area contributed by atoms with E-state index in [1.807, 2.05) is 42.2 Å². The Hall–Kier alpha value is -2.95. The summed E-state index contributed by atoms with van der Waals surface area (Å²) in [4.78, 5) is 12.8. The zero-order valence-electron chi connectivity index (χ0n) is 15.6. The first-order chi connectivity index (χ1) is 13.0. The summed E-state index contributed by atoms with van der Waals surface area (Å²) in [5.74, 6) is -0.664. The Kier molecular flexibility index (Phi) is 4.10. The highest BCUT2D eigenvalue weighted by molar-refractivity contribution is 5.92. The Morgan fingerprint density at radius 3 is 2.89 bits per heavy atom. The van der Waals surface area contributed by atoms with Gasteiger partial charge in [-0.2, -0.15) is 5.10 Å². The quantitative estimate of drug-likeness (QED) is 0.651. The molecule has 1 heterocycles. The maximum atomic E-state index is 14.2. The van der Waals surface area contributed by atoms with Crippen LogP contribution in [0.4, 0.5) is 4.39 Å². The van der Waals surface area contributed by atoms with Crippen molar-refractivity contribution >= 4 is 22.4 Å². The minimum atomic E-state index is -0.958. The van der Waals surface area contributed by atoms with E-state index in [9.17, 15) is 9.18 Å². The van der Waals surface area contributed by atoms with Crippen molar-refractivity contribution in [2.75, 3.05) is 7.11 Å².